The Morgan fingerprint density at radius 1 is 1.10 bits per heavy atom. The number of carbonyl (C=O) groups excluding carboxylic acids is 2. The summed E-state index contributed by atoms with van der Waals surface area (Å²) in [5.41, 5.74) is 9.36. The average molecular weight is 586 g/mol. The third-order valence-electron chi connectivity index (χ3n) is 6.54. The van der Waals surface area contributed by atoms with Crippen molar-refractivity contribution in [3.63, 3.8) is 0 Å². The zero-order valence-corrected chi connectivity index (χ0v) is 24.4. The normalized spacial score (nSPS) is 11.5. The van der Waals surface area contributed by atoms with E-state index in [1.54, 1.807) is 30.3 Å². The van der Waals surface area contributed by atoms with Gasteiger partial charge in [0.2, 0.25) is 11.9 Å². The van der Waals surface area contributed by atoms with Crippen LogP contribution in [0.2, 0.25) is 10.0 Å². The molecule has 2 amide bonds. The van der Waals surface area contributed by atoms with Crippen molar-refractivity contribution < 1.29 is 14.0 Å². The molecular weight excluding hydrogens is 554 g/mol. The minimum absolute atomic E-state index is 0.103. The van der Waals surface area contributed by atoms with Gasteiger partial charge in [0.05, 0.1) is 38.0 Å². The van der Waals surface area contributed by atoms with Crippen molar-refractivity contribution in [1.29, 1.82) is 0 Å². The fourth-order valence-corrected chi connectivity index (χ4v) is 4.73. The van der Waals surface area contributed by atoms with E-state index in [0.29, 0.717) is 50.6 Å². The molecule has 0 spiro atoms. The van der Waals surface area contributed by atoms with E-state index in [-0.39, 0.29) is 18.3 Å². The molecule has 40 heavy (non-hydrogen) atoms. The molecule has 0 atom stereocenters. The minimum Gasteiger partial charge on any atom is -0.370 e. The Labute approximate surface area is 242 Å². The molecule has 0 aliphatic rings. The second kappa shape index (κ2) is 11.3. The molecule has 0 aliphatic carbocycles. The minimum atomic E-state index is -0.598. The zero-order chi connectivity index (χ0) is 29.4. The van der Waals surface area contributed by atoms with Crippen molar-refractivity contribution in [3.05, 3.63) is 81.1 Å². The number of rotatable bonds is 8. The van der Waals surface area contributed by atoms with Crippen molar-refractivity contribution >= 4 is 63.4 Å². The number of nitrogens with two attached hydrogens (primary N) is 1. The molecule has 0 bridgehead atoms. The number of fused-ring (bicyclic) bond motifs is 1. The van der Waals surface area contributed by atoms with E-state index in [4.69, 9.17) is 28.9 Å². The summed E-state index contributed by atoms with van der Waals surface area (Å²) in [5.74, 6) is -0.586. The highest BCUT2D eigenvalue weighted by Gasteiger charge is 2.22. The summed E-state index contributed by atoms with van der Waals surface area (Å²) in [6, 6.07) is 13.1. The standard InChI is InChI=1S/C29H31Cl2FN6O2/c1-29(2,3)27(40)34-14-17-8-11-20(30)25(24(17)31)36-28-35-21-12-19(26(33)39)22(13-23(21)38(28)5)37(4)15-16-6-9-18(32)10-7-16/h6-13H,14-15H2,1-5H3,(H2,33,39)(H,34,40)(H,35,36). The molecule has 0 saturated heterocycles. The molecule has 1 heterocycles. The van der Waals surface area contributed by atoms with E-state index in [2.05, 4.69) is 15.6 Å². The Bertz CT molecular complexity index is 1600. The number of hydrogen-bond donors (Lipinski definition) is 3. The highest BCUT2D eigenvalue weighted by atomic mass is 35.5. The Morgan fingerprint density at radius 3 is 2.40 bits per heavy atom. The number of nitrogens with one attached hydrogen (secondary N) is 2. The van der Waals surface area contributed by atoms with Crippen LogP contribution in [0.1, 0.15) is 42.3 Å². The number of primary amides is 1. The third kappa shape index (κ3) is 6.16. The lowest BCUT2D eigenvalue weighted by Crippen LogP contribution is -2.34. The van der Waals surface area contributed by atoms with Gasteiger partial charge in [0.25, 0.3) is 5.91 Å². The molecule has 3 aromatic carbocycles. The second-order valence-electron chi connectivity index (χ2n) is 10.7. The quantitative estimate of drug-likeness (QED) is 0.230. The number of aromatic nitrogens is 2. The van der Waals surface area contributed by atoms with Gasteiger partial charge in [0.15, 0.2) is 0 Å². The maximum atomic E-state index is 13.4. The lowest BCUT2D eigenvalue weighted by atomic mass is 9.95. The molecule has 0 aliphatic heterocycles. The van der Waals surface area contributed by atoms with E-state index in [0.717, 1.165) is 11.1 Å². The van der Waals surface area contributed by atoms with Gasteiger partial charge in [-0.1, -0.05) is 62.2 Å². The van der Waals surface area contributed by atoms with Crippen molar-refractivity contribution in [2.45, 2.75) is 33.9 Å². The van der Waals surface area contributed by atoms with Crippen molar-refractivity contribution in [2.75, 3.05) is 17.3 Å². The topological polar surface area (TPSA) is 105 Å². The summed E-state index contributed by atoms with van der Waals surface area (Å²) in [6.45, 7) is 6.16. The first-order valence-corrected chi connectivity index (χ1v) is 13.3. The number of benzene rings is 3. The smallest absolute Gasteiger partial charge is 0.250 e. The summed E-state index contributed by atoms with van der Waals surface area (Å²) in [4.78, 5) is 31.3. The molecule has 4 aromatic rings. The van der Waals surface area contributed by atoms with Gasteiger partial charge in [0, 0.05) is 32.6 Å². The monoisotopic (exact) mass is 584 g/mol. The molecule has 0 fully saturated rings. The maximum absolute atomic E-state index is 13.4. The number of aryl methyl sites for hydroxylation is 1. The van der Waals surface area contributed by atoms with Crippen molar-refractivity contribution in [1.82, 2.24) is 14.9 Å². The molecule has 1 aromatic heterocycles. The molecule has 4 N–H and O–H groups in total. The molecule has 0 unspecified atom stereocenters. The summed E-state index contributed by atoms with van der Waals surface area (Å²) < 4.78 is 15.2. The van der Waals surface area contributed by atoms with E-state index < -0.39 is 11.3 Å². The molecular formula is C29H31Cl2FN6O2. The van der Waals surface area contributed by atoms with Crippen molar-refractivity contribution in [2.24, 2.45) is 18.2 Å². The van der Waals surface area contributed by atoms with Crippen LogP contribution in [0.3, 0.4) is 0 Å². The van der Waals surface area contributed by atoms with E-state index in [1.807, 2.05) is 50.4 Å². The van der Waals surface area contributed by atoms with Crippen LogP contribution in [0.4, 0.5) is 21.7 Å². The Balaban J connectivity index is 1.67. The number of halogens is 3. The Morgan fingerprint density at radius 2 is 1.77 bits per heavy atom. The number of nitrogens with zero attached hydrogens (tertiary/aromatic N) is 3. The van der Waals surface area contributed by atoms with E-state index >= 15 is 0 Å². The third-order valence-corrected chi connectivity index (χ3v) is 7.28. The summed E-state index contributed by atoms with van der Waals surface area (Å²) in [6.07, 6.45) is 0. The van der Waals surface area contributed by atoms with Gasteiger partial charge < -0.3 is 25.8 Å². The largest absolute Gasteiger partial charge is 0.370 e. The van der Waals surface area contributed by atoms with Crippen LogP contribution in [-0.2, 0) is 24.9 Å². The van der Waals surface area contributed by atoms with Gasteiger partial charge in [-0.05, 0) is 41.5 Å². The molecule has 210 valence electrons. The number of anilines is 3. The Hall–Kier alpha value is -3.82. The number of hydrogen-bond acceptors (Lipinski definition) is 5. The van der Waals surface area contributed by atoms with Gasteiger partial charge in [-0.2, -0.15) is 0 Å². The van der Waals surface area contributed by atoms with Gasteiger partial charge >= 0.3 is 0 Å². The lowest BCUT2D eigenvalue weighted by molar-refractivity contribution is -0.128. The van der Waals surface area contributed by atoms with Crippen LogP contribution in [0.15, 0.2) is 48.5 Å². The van der Waals surface area contributed by atoms with Crippen LogP contribution < -0.4 is 21.3 Å². The second-order valence-corrected chi connectivity index (χ2v) is 11.4. The van der Waals surface area contributed by atoms with Crippen molar-refractivity contribution in [3.8, 4) is 0 Å². The van der Waals surface area contributed by atoms with Gasteiger partial charge in [-0.25, -0.2) is 9.37 Å². The van der Waals surface area contributed by atoms with Crippen LogP contribution >= 0.6 is 23.2 Å². The van der Waals surface area contributed by atoms with Crippen LogP contribution in [0.25, 0.3) is 11.0 Å². The van der Waals surface area contributed by atoms with Crippen LogP contribution in [-0.4, -0.2) is 28.4 Å². The molecule has 0 radical (unpaired) electrons. The van der Waals surface area contributed by atoms with Crippen LogP contribution in [0, 0.1) is 11.2 Å². The Kier molecular flexibility index (Phi) is 8.28. The number of carbonyl (C=O) groups is 2. The fourth-order valence-electron chi connectivity index (χ4n) is 4.20. The molecule has 8 nitrogen and oxygen atoms in total. The first-order chi connectivity index (χ1) is 18.8. The SMILES string of the molecule is CN(Cc1ccc(F)cc1)c1cc2c(cc1C(N)=O)nc(Nc1c(Cl)ccc(CNC(=O)C(C)(C)C)c1Cl)n2C. The maximum Gasteiger partial charge on any atom is 0.250 e. The lowest BCUT2D eigenvalue weighted by Gasteiger charge is -2.22. The first kappa shape index (κ1) is 29.2. The van der Waals surface area contributed by atoms with E-state index in [9.17, 15) is 14.0 Å². The fraction of sp³-hybridized carbons (Fsp3) is 0.276. The van der Waals surface area contributed by atoms with Gasteiger partial charge in [0.1, 0.15) is 5.82 Å². The number of amides is 2. The van der Waals surface area contributed by atoms with Crippen LogP contribution in [0.5, 0.6) is 0 Å². The number of imidazole rings is 1. The predicted octanol–water partition coefficient (Wildman–Crippen LogP) is 6.16. The summed E-state index contributed by atoms with van der Waals surface area (Å²) in [7, 11) is 3.65. The average Bonchev–Trinajstić information content (AvgIpc) is 3.20. The summed E-state index contributed by atoms with van der Waals surface area (Å²) >= 11 is 13.2. The zero-order valence-electron chi connectivity index (χ0n) is 22.9. The van der Waals surface area contributed by atoms with Gasteiger partial charge in [-0.3, -0.25) is 9.59 Å². The van der Waals surface area contributed by atoms with Gasteiger partial charge in [-0.15, -0.1) is 0 Å². The molecule has 4 rings (SSSR count). The highest BCUT2D eigenvalue weighted by Crippen LogP contribution is 2.37. The predicted molar refractivity (Wildman–Crippen MR) is 159 cm³/mol. The molecule has 0 saturated carbocycles. The van der Waals surface area contributed by atoms with E-state index in [1.165, 1.54) is 12.1 Å². The summed E-state index contributed by atoms with van der Waals surface area (Å²) in [5, 5.41) is 6.83. The molecule has 11 heteroatoms. The highest BCUT2D eigenvalue weighted by molar-refractivity contribution is 6.39. The first-order valence-electron chi connectivity index (χ1n) is 12.5.